The van der Waals surface area contributed by atoms with Crippen LogP contribution in [0.5, 0.6) is 0 Å². The number of rotatable bonds is 5. The summed E-state index contributed by atoms with van der Waals surface area (Å²) in [5.41, 5.74) is 4.64. The Hall–Kier alpha value is -3.98. The molecule has 184 valence electrons. The summed E-state index contributed by atoms with van der Waals surface area (Å²) in [5, 5.41) is 15.9. The number of aryl methyl sites for hydroxylation is 1. The van der Waals surface area contributed by atoms with Crippen LogP contribution in [0.1, 0.15) is 11.3 Å². The third-order valence-corrected chi connectivity index (χ3v) is 6.17. The van der Waals surface area contributed by atoms with Gasteiger partial charge in [0, 0.05) is 22.3 Å². The molecule has 5 aromatic rings. The minimum atomic E-state index is -0.409. The van der Waals surface area contributed by atoms with Crippen molar-refractivity contribution in [2.75, 3.05) is 5.32 Å². The number of benzene rings is 3. The summed E-state index contributed by atoms with van der Waals surface area (Å²) < 4.78 is 5.77. The molecule has 5 rings (SSSR count). The van der Waals surface area contributed by atoms with E-state index in [-0.39, 0.29) is 5.11 Å². The molecule has 37 heavy (non-hydrogen) atoms. The number of hydrogen-bond acceptors (Lipinski definition) is 5. The first-order valence-corrected chi connectivity index (χ1v) is 12.3. The highest BCUT2D eigenvalue weighted by Crippen LogP contribution is 2.31. The Bertz CT molecular complexity index is 1660. The molecular formula is C27H19Cl2N5O2S. The van der Waals surface area contributed by atoms with E-state index in [1.165, 1.54) is 6.08 Å². The second kappa shape index (κ2) is 10.6. The van der Waals surface area contributed by atoms with Crippen molar-refractivity contribution < 1.29 is 9.21 Å². The van der Waals surface area contributed by atoms with E-state index in [1.54, 1.807) is 41.2 Å². The average Bonchev–Trinajstić information content (AvgIpc) is 3.50. The van der Waals surface area contributed by atoms with Gasteiger partial charge in [0.05, 0.1) is 10.7 Å². The van der Waals surface area contributed by atoms with Crippen molar-refractivity contribution in [2.24, 2.45) is 0 Å². The van der Waals surface area contributed by atoms with Gasteiger partial charge in [-0.2, -0.15) is 4.80 Å². The molecular weight excluding hydrogens is 529 g/mol. The fraction of sp³-hybridized carbons (Fsp3) is 0.0370. The van der Waals surface area contributed by atoms with Gasteiger partial charge in [0.25, 0.3) is 0 Å². The van der Waals surface area contributed by atoms with Gasteiger partial charge >= 0.3 is 0 Å². The highest BCUT2D eigenvalue weighted by Gasteiger charge is 2.11. The maximum atomic E-state index is 12.4. The fourth-order valence-corrected chi connectivity index (χ4v) is 4.33. The first-order valence-electron chi connectivity index (χ1n) is 11.1. The van der Waals surface area contributed by atoms with Crippen molar-refractivity contribution in [3.8, 4) is 17.0 Å². The van der Waals surface area contributed by atoms with Crippen LogP contribution in [0.4, 0.5) is 5.69 Å². The summed E-state index contributed by atoms with van der Waals surface area (Å²) in [5.74, 6) is 0.639. The van der Waals surface area contributed by atoms with Gasteiger partial charge in [-0.3, -0.25) is 10.1 Å². The number of aromatic nitrogens is 3. The highest BCUT2D eigenvalue weighted by molar-refractivity contribution is 7.80. The Morgan fingerprint density at radius 2 is 1.76 bits per heavy atom. The van der Waals surface area contributed by atoms with Crippen LogP contribution in [0.15, 0.2) is 83.3 Å². The smallest absolute Gasteiger partial charge is 0.250 e. The number of amides is 1. The van der Waals surface area contributed by atoms with Gasteiger partial charge in [0.2, 0.25) is 5.91 Å². The second-order valence-electron chi connectivity index (χ2n) is 8.08. The average molecular weight is 548 g/mol. The molecule has 2 N–H and O–H groups in total. The van der Waals surface area contributed by atoms with Crippen molar-refractivity contribution in [1.82, 2.24) is 20.3 Å². The third kappa shape index (κ3) is 5.72. The molecule has 0 aliphatic carbocycles. The number of carbonyl (C=O) groups excluding carboxylic acids is 1. The van der Waals surface area contributed by atoms with E-state index in [0.717, 1.165) is 22.5 Å². The fourth-order valence-electron chi connectivity index (χ4n) is 3.62. The molecule has 0 aliphatic heterocycles. The standard InChI is InChI=1S/C27H19Cl2N5O2S/c1-16-13-23-24(33-34(32-23)18-5-3-2-4-6-18)15-22(16)30-27(37)31-26(35)12-9-19-8-11-25(36-19)20-10-7-17(28)14-21(20)29/h2-15H,1H3,(H2,30,31,35,37)/b12-9+. The van der Waals surface area contributed by atoms with E-state index >= 15 is 0 Å². The van der Waals surface area contributed by atoms with Gasteiger partial charge in [-0.05, 0) is 85.4 Å². The van der Waals surface area contributed by atoms with E-state index < -0.39 is 5.91 Å². The number of para-hydroxylation sites is 1. The van der Waals surface area contributed by atoms with Crippen LogP contribution in [-0.4, -0.2) is 26.0 Å². The highest BCUT2D eigenvalue weighted by atomic mass is 35.5. The molecule has 0 saturated carbocycles. The van der Waals surface area contributed by atoms with Gasteiger partial charge in [-0.25, -0.2) is 0 Å². The second-order valence-corrected chi connectivity index (χ2v) is 9.34. The molecule has 0 aliphatic rings. The number of hydrogen-bond donors (Lipinski definition) is 2. The van der Waals surface area contributed by atoms with Gasteiger partial charge < -0.3 is 9.73 Å². The summed E-state index contributed by atoms with van der Waals surface area (Å²) in [6.45, 7) is 1.93. The van der Waals surface area contributed by atoms with Gasteiger partial charge in [-0.1, -0.05) is 41.4 Å². The number of fused-ring (bicyclic) bond motifs is 1. The normalized spacial score (nSPS) is 11.2. The Balaban J connectivity index is 1.23. The number of halogens is 2. The largest absolute Gasteiger partial charge is 0.457 e. The maximum absolute atomic E-state index is 12.4. The van der Waals surface area contributed by atoms with Gasteiger partial charge in [0.15, 0.2) is 5.11 Å². The Morgan fingerprint density at radius 3 is 2.51 bits per heavy atom. The van der Waals surface area contributed by atoms with Crippen LogP contribution in [0.2, 0.25) is 10.0 Å². The third-order valence-electron chi connectivity index (χ3n) is 5.42. The topological polar surface area (TPSA) is 85.0 Å². The van der Waals surface area contributed by atoms with Crippen LogP contribution >= 0.6 is 35.4 Å². The van der Waals surface area contributed by atoms with Crippen LogP contribution in [-0.2, 0) is 4.79 Å². The lowest BCUT2D eigenvalue weighted by Gasteiger charge is -2.10. The molecule has 0 spiro atoms. The number of furan rings is 1. The maximum Gasteiger partial charge on any atom is 0.250 e. The lowest BCUT2D eigenvalue weighted by atomic mass is 10.2. The van der Waals surface area contributed by atoms with Crippen molar-refractivity contribution in [2.45, 2.75) is 6.92 Å². The van der Waals surface area contributed by atoms with Gasteiger partial charge in [0.1, 0.15) is 22.6 Å². The molecule has 2 heterocycles. The number of thiocarbonyl (C=S) groups is 1. The molecule has 0 radical (unpaired) electrons. The van der Waals surface area contributed by atoms with Crippen molar-refractivity contribution in [3.63, 3.8) is 0 Å². The number of anilines is 1. The Kier molecular flexibility index (Phi) is 7.05. The molecule has 0 bridgehead atoms. The van der Waals surface area contributed by atoms with E-state index in [1.807, 2.05) is 49.4 Å². The predicted molar refractivity (Wildman–Crippen MR) is 151 cm³/mol. The minimum absolute atomic E-state index is 0.153. The molecule has 7 nitrogen and oxygen atoms in total. The summed E-state index contributed by atoms with van der Waals surface area (Å²) in [7, 11) is 0. The molecule has 0 saturated heterocycles. The monoisotopic (exact) mass is 547 g/mol. The molecule has 0 fully saturated rings. The quantitative estimate of drug-likeness (QED) is 0.185. The molecule has 2 aromatic heterocycles. The molecule has 3 aromatic carbocycles. The van der Waals surface area contributed by atoms with Crippen molar-refractivity contribution >= 4 is 69.2 Å². The zero-order chi connectivity index (χ0) is 25.9. The lowest BCUT2D eigenvalue weighted by molar-refractivity contribution is -0.115. The van der Waals surface area contributed by atoms with Crippen LogP contribution in [0, 0.1) is 6.92 Å². The van der Waals surface area contributed by atoms with Gasteiger partial charge in [-0.15, -0.1) is 10.2 Å². The summed E-state index contributed by atoms with van der Waals surface area (Å²) in [6.07, 6.45) is 2.88. The zero-order valence-electron chi connectivity index (χ0n) is 19.4. The van der Waals surface area contributed by atoms with Crippen molar-refractivity contribution in [3.05, 3.63) is 100 Å². The van der Waals surface area contributed by atoms with Crippen molar-refractivity contribution in [1.29, 1.82) is 0 Å². The molecule has 1 amide bonds. The molecule has 10 heteroatoms. The van der Waals surface area contributed by atoms with Crippen LogP contribution in [0.25, 0.3) is 34.1 Å². The predicted octanol–water partition coefficient (Wildman–Crippen LogP) is 6.82. The summed E-state index contributed by atoms with van der Waals surface area (Å²) in [6, 6.07) is 22.1. The number of carbonyl (C=O) groups is 1. The van der Waals surface area contributed by atoms with E-state index in [4.69, 9.17) is 39.8 Å². The summed E-state index contributed by atoms with van der Waals surface area (Å²) >= 11 is 17.5. The Labute approximate surface area is 227 Å². The first kappa shape index (κ1) is 24.7. The Morgan fingerprint density at radius 1 is 1.00 bits per heavy atom. The zero-order valence-corrected chi connectivity index (χ0v) is 21.7. The first-order chi connectivity index (χ1) is 17.9. The van der Waals surface area contributed by atoms with E-state index in [9.17, 15) is 4.79 Å². The number of nitrogens with zero attached hydrogens (tertiary/aromatic N) is 3. The van der Waals surface area contributed by atoms with E-state index in [0.29, 0.717) is 32.6 Å². The van der Waals surface area contributed by atoms with Crippen LogP contribution < -0.4 is 10.6 Å². The van der Waals surface area contributed by atoms with Crippen LogP contribution in [0.3, 0.4) is 0 Å². The van der Waals surface area contributed by atoms with E-state index in [2.05, 4.69) is 20.8 Å². The molecule has 0 atom stereocenters. The number of nitrogens with one attached hydrogen (secondary N) is 2. The molecule has 0 unspecified atom stereocenters. The lowest BCUT2D eigenvalue weighted by Crippen LogP contribution is -2.33. The minimum Gasteiger partial charge on any atom is -0.457 e. The SMILES string of the molecule is Cc1cc2nn(-c3ccccc3)nc2cc1NC(=S)NC(=O)/C=C/c1ccc(-c2ccc(Cl)cc2Cl)o1. The summed E-state index contributed by atoms with van der Waals surface area (Å²) in [4.78, 5) is 14.0.